The van der Waals surface area contributed by atoms with Gasteiger partial charge in [-0.2, -0.15) is 0 Å². The SMILES string of the molecule is Cc1cccc(C(=O)NCC2(O)CCC(C)CC2)c1. The lowest BCUT2D eigenvalue weighted by atomic mass is 9.79. The molecule has 1 saturated carbocycles. The molecule has 0 atom stereocenters. The molecule has 1 aliphatic rings. The van der Waals surface area contributed by atoms with E-state index in [9.17, 15) is 9.90 Å². The molecule has 1 amide bonds. The Morgan fingerprint density at radius 3 is 2.74 bits per heavy atom. The number of aliphatic hydroxyl groups is 1. The molecule has 0 saturated heterocycles. The van der Waals surface area contributed by atoms with Crippen LogP contribution in [0.1, 0.15) is 48.5 Å². The van der Waals surface area contributed by atoms with Crippen molar-refractivity contribution in [2.45, 2.75) is 45.1 Å². The van der Waals surface area contributed by atoms with Crippen molar-refractivity contribution in [1.82, 2.24) is 5.32 Å². The topological polar surface area (TPSA) is 49.3 Å². The van der Waals surface area contributed by atoms with E-state index in [1.54, 1.807) is 6.07 Å². The number of aryl methyl sites for hydroxylation is 1. The molecule has 104 valence electrons. The number of benzene rings is 1. The van der Waals surface area contributed by atoms with Crippen molar-refractivity contribution in [2.24, 2.45) is 5.92 Å². The second-order valence-electron chi connectivity index (χ2n) is 5.96. The van der Waals surface area contributed by atoms with Crippen molar-refractivity contribution >= 4 is 5.91 Å². The molecule has 0 unspecified atom stereocenters. The minimum absolute atomic E-state index is 0.101. The highest BCUT2D eigenvalue weighted by atomic mass is 16.3. The van der Waals surface area contributed by atoms with Gasteiger partial charge in [0.25, 0.3) is 5.91 Å². The number of carbonyl (C=O) groups is 1. The summed E-state index contributed by atoms with van der Waals surface area (Å²) in [6, 6.07) is 7.51. The highest BCUT2D eigenvalue weighted by Crippen LogP contribution is 2.31. The zero-order valence-corrected chi connectivity index (χ0v) is 11.8. The monoisotopic (exact) mass is 261 g/mol. The Balaban J connectivity index is 1.90. The first-order valence-electron chi connectivity index (χ1n) is 7.06. The molecule has 2 rings (SSSR count). The number of hydrogen-bond donors (Lipinski definition) is 2. The van der Waals surface area contributed by atoms with Gasteiger partial charge < -0.3 is 10.4 Å². The largest absolute Gasteiger partial charge is 0.388 e. The van der Waals surface area contributed by atoms with Gasteiger partial charge in [-0.15, -0.1) is 0 Å². The molecule has 0 spiro atoms. The Hall–Kier alpha value is -1.35. The molecular weight excluding hydrogens is 238 g/mol. The van der Waals surface area contributed by atoms with E-state index in [1.165, 1.54) is 0 Å². The lowest BCUT2D eigenvalue weighted by molar-refractivity contribution is -0.00539. The molecule has 0 aliphatic heterocycles. The van der Waals surface area contributed by atoms with Crippen LogP contribution >= 0.6 is 0 Å². The van der Waals surface area contributed by atoms with E-state index in [0.29, 0.717) is 18.0 Å². The second-order valence-corrected chi connectivity index (χ2v) is 5.96. The maximum Gasteiger partial charge on any atom is 0.251 e. The summed E-state index contributed by atoms with van der Waals surface area (Å²) in [5, 5.41) is 13.3. The summed E-state index contributed by atoms with van der Waals surface area (Å²) in [5.41, 5.74) is 1.01. The number of amides is 1. The summed E-state index contributed by atoms with van der Waals surface area (Å²) in [4.78, 5) is 12.0. The molecule has 3 nitrogen and oxygen atoms in total. The Morgan fingerprint density at radius 2 is 2.11 bits per heavy atom. The van der Waals surface area contributed by atoms with Crippen molar-refractivity contribution in [3.63, 3.8) is 0 Å². The number of carbonyl (C=O) groups excluding carboxylic acids is 1. The molecule has 1 aromatic rings. The zero-order chi connectivity index (χ0) is 13.9. The molecule has 0 heterocycles. The normalized spacial score (nSPS) is 27.0. The lowest BCUT2D eigenvalue weighted by Gasteiger charge is -2.34. The van der Waals surface area contributed by atoms with Gasteiger partial charge in [0, 0.05) is 12.1 Å². The fourth-order valence-corrected chi connectivity index (χ4v) is 2.61. The van der Waals surface area contributed by atoms with E-state index in [4.69, 9.17) is 0 Å². The van der Waals surface area contributed by atoms with Crippen LogP contribution in [0, 0.1) is 12.8 Å². The van der Waals surface area contributed by atoms with Gasteiger partial charge in [0.15, 0.2) is 0 Å². The summed E-state index contributed by atoms with van der Waals surface area (Å²) < 4.78 is 0. The third-order valence-corrected chi connectivity index (χ3v) is 4.06. The Labute approximate surface area is 115 Å². The fourth-order valence-electron chi connectivity index (χ4n) is 2.61. The van der Waals surface area contributed by atoms with Crippen molar-refractivity contribution < 1.29 is 9.90 Å². The van der Waals surface area contributed by atoms with Gasteiger partial charge in [-0.05, 0) is 50.7 Å². The van der Waals surface area contributed by atoms with Gasteiger partial charge in [0.2, 0.25) is 0 Å². The zero-order valence-electron chi connectivity index (χ0n) is 11.8. The van der Waals surface area contributed by atoms with Crippen LogP contribution in [0.15, 0.2) is 24.3 Å². The first kappa shape index (κ1) is 14.1. The lowest BCUT2D eigenvalue weighted by Crippen LogP contribution is -2.45. The molecule has 1 fully saturated rings. The van der Waals surface area contributed by atoms with E-state index in [-0.39, 0.29) is 5.91 Å². The van der Waals surface area contributed by atoms with Crippen LogP contribution in [0.25, 0.3) is 0 Å². The number of rotatable bonds is 3. The quantitative estimate of drug-likeness (QED) is 0.879. The molecule has 2 N–H and O–H groups in total. The van der Waals surface area contributed by atoms with E-state index in [0.717, 1.165) is 31.2 Å². The molecule has 3 heteroatoms. The van der Waals surface area contributed by atoms with Gasteiger partial charge >= 0.3 is 0 Å². The van der Waals surface area contributed by atoms with Crippen LogP contribution in [0.5, 0.6) is 0 Å². The summed E-state index contributed by atoms with van der Waals surface area (Å²) in [5.74, 6) is 0.587. The minimum Gasteiger partial charge on any atom is -0.388 e. The van der Waals surface area contributed by atoms with Crippen molar-refractivity contribution in [2.75, 3.05) is 6.54 Å². The van der Waals surface area contributed by atoms with E-state index in [1.807, 2.05) is 25.1 Å². The molecule has 0 aromatic heterocycles. The first-order chi connectivity index (χ1) is 8.98. The van der Waals surface area contributed by atoms with E-state index in [2.05, 4.69) is 12.2 Å². The van der Waals surface area contributed by atoms with E-state index >= 15 is 0 Å². The van der Waals surface area contributed by atoms with Crippen LogP contribution in [-0.4, -0.2) is 23.2 Å². The maximum absolute atomic E-state index is 12.0. The fraction of sp³-hybridized carbons (Fsp3) is 0.562. The Kier molecular flexibility index (Phi) is 4.25. The standard InChI is InChI=1S/C16H23NO2/c1-12-6-8-16(19,9-7-12)11-17-15(18)14-5-3-4-13(2)10-14/h3-5,10,12,19H,6-9,11H2,1-2H3,(H,17,18). The number of nitrogens with one attached hydrogen (secondary N) is 1. The summed E-state index contributed by atoms with van der Waals surface area (Å²) in [6.45, 7) is 4.53. The Bertz CT molecular complexity index is 448. The predicted molar refractivity (Wildman–Crippen MR) is 76.1 cm³/mol. The third kappa shape index (κ3) is 3.80. The summed E-state index contributed by atoms with van der Waals surface area (Å²) in [7, 11) is 0. The van der Waals surface area contributed by atoms with Crippen LogP contribution in [0.2, 0.25) is 0 Å². The summed E-state index contributed by atoms with van der Waals surface area (Å²) in [6.07, 6.45) is 3.64. The van der Waals surface area contributed by atoms with Crippen LogP contribution in [-0.2, 0) is 0 Å². The number of hydrogen-bond acceptors (Lipinski definition) is 2. The summed E-state index contributed by atoms with van der Waals surface area (Å²) >= 11 is 0. The third-order valence-electron chi connectivity index (χ3n) is 4.06. The Morgan fingerprint density at radius 1 is 1.42 bits per heavy atom. The molecule has 1 aromatic carbocycles. The van der Waals surface area contributed by atoms with Crippen molar-refractivity contribution in [3.05, 3.63) is 35.4 Å². The van der Waals surface area contributed by atoms with Gasteiger partial charge in [0.1, 0.15) is 0 Å². The molecular formula is C16H23NO2. The smallest absolute Gasteiger partial charge is 0.251 e. The van der Waals surface area contributed by atoms with Crippen LogP contribution < -0.4 is 5.32 Å². The second kappa shape index (κ2) is 5.74. The van der Waals surface area contributed by atoms with E-state index < -0.39 is 5.60 Å². The maximum atomic E-state index is 12.0. The highest BCUT2D eigenvalue weighted by molar-refractivity contribution is 5.94. The molecule has 0 radical (unpaired) electrons. The molecule has 1 aliphatic carbocycles. The van der Waals surface area contributed by atoms with Crippen LogP contribution in [0.3, 0.4) is 0 Å². The van der Waals surface area contributed by atoms with Gasteiger partial charge in [-0.3, -0.25) is 4.79 Å². The highest BCUT2D eigenvalue weighted by Gasteiger charge is 2.32. The van der Waals surface area contributed by atoms with Crippen LogP contribution in [0.4, 0.5) is 0 Å². The van der Waals surface area contributed by atoms with Crippen molar-refractivity contribution in [3.8, 4) is 0 Å². The van der Waals surface area contributed by atoms with Gasteiger partial charge in [0.05, 0.1) is 5.60 Å². The average molecular weight is 261 g/mol. The predicted octanol–water partition coefficient (Wildman–Crippen LogP) is 2.67. The van der Waals surface area contributed by atoms with Gasteiger partial charge in [-0.25, -0.2) is 0 Å². The first-order valence-corrected chi connectivity index (χ1v) is 7.06. The molecule has 19 heavy (non-hydrogen) atoms. The minimum atomic E-state index is -0.716. The average Bonchev–Trinajstić information content (AvgIpc) is 2.40. The van der Waals surface area contributed by atoms with Gasteiger partial charge in [-0.1, -0.05) is 24.6 Å². The molecule has 0 bridgehead atoms. The van der Waals surface area contributed by atoms with Crippen molar-refractivity contribution in [1.29, 1.82) is 0 Å².